The normalized spacial score (nSPS) is 16.4. The van der Waals surface area contributed by atoms with E-state index in [0.717, 1.165) is 36.9 Å². The van der Waals surface area contributed by atoms with Gasteiger partial charge in [-0.25, -0.2) is 9.40 Å². The number of para-hydroxylation sites is 1. The predicted molar refractivity (Wildman–Crippen MR) is 98.8 cm³/mol. The van der Waals surface area contributed by atoms with E-state index in [-0.39, 0.29) is 6.04 Å². The zero-order chi connectivity index (χ0) is 17.7. The summed E-state index contributed by atoms with van der Waals surface area (Å²) in [6.07, 6.45) is 9.70. The highest BCUT2D eigenvalue weighted by atomic mass is 32.2. The standard InChI is InChI=1S/C18H26N4O2S/c1-21(17-8-4-2-5-9-17)25(23,24)20-13-12-16-14-19-22(15-16)18-10-6-3-7-11-18/h3,6-7,10-11,14-15,17,20H,2,4-5,8-9,12-13H2,1H3. The number of hydrogen-bond acceptors (Lipinski definition) is 3. The van der Waals surface area contributed by atoms with Crippen LogP contribution in [0.1, 0.15) is 37.7 Å². The van der Waals surface area contributed by atoms with Gasteiger partial charge in [0, 0.05) is 25.8 Å². The largest absolute Gasteiger partial charge is 0.279 e. The van der Waals surface area contributed by atoms with Crippen LogP contribution in [0.4, 0.5) is 0 Å². The van der Waals surface area contributed by atoms with E-state index in [4.69, 9.17) is 0 Å². The van der Waals surface area contributed by atoms with E-state index in [0.29, 0.717) is 13.0 Å². The summed E-state index contributed by atoms with van der Waals surface area (Å²) in [6, 6.07) is 9.99. The predicted octanol–water partition coefficient (Wildman–Crippen LogP) is 2.51. The van der Waals surface area contributed by atoms with Gasteiger partial charge in [0.15, 0.2) is 0 Å². The summed E-state index contributed by atoms with van der Waals surface area (Å²) in [6.45, 7) is 0.375. The highest BCUT2D eigenvalue weighted by Crippen LogP contribution is 2.22. The molecule has 7 heteroatoms. The fourth-order valence-corrected chi connectivity index (χ4v) is 4.45. The van der Waals surface area contributed by atoms with Crippen LogP contribution in [-0.2, 0) is 16.6 Å². The molecule has 1 aromatic heterocycles. The molecule has 1 saturated carbocycles. The van der Waals surface area contributed by atoms with Crippen LogP contribution in [0.15, 0.2) is 42.7 Å². The first kappa shape index (κ1) is 18.1. The number of nitrogens with zero attached hydrogens (tertiary/aromatic N) is 3. The second kappa shape index (κ2) is 8.12. The van der Waals surface area contributed by atoms with Crippen molar-refractivity contribution in [1.29, 1.82) is 0 Å². The molecule has 1 aromatic carbocycles. The Labute approximate surface area is 150 Å². The molecule has 0 amide bonds. The molecule has 136 valence electrons. The molecular formula is C18H26N4O2S. The summed E-state index contributed by atoms with van der Waals surface area (Å²) in [5.41, 5.74) is 2.00. The van der Waals surface area contributed by atoms with E-state index in [1.807, 2.05) is 36.5 Å². The van der Waals surface area contributed by atoms with Crippen molar-refractivity contribution in [3.8, 4) is 5.69 Å². The lowest BCUT2D eigenvalue weighted by Gasteiger charge is -2.30. The van der Waals surface area contributed by atoms with Gasteiger partial charge in [0.2, 0.25) is 0 Å². The lowest BCUT2D eigenvalue weighted by Crippen LogP contribution is -2.45. The van der Waals surface area contributed by atoms with Crippen molar-refractivity contribution in [3.63, 3.8) is 0 Å². The third-order valence-electron chi connectivity index (χ3n) is 4.82. The van der Waals surface area contributed by atoms with E-state index in [1.165, 1.54) is 10.7 Å². The highest BCUT2D eigenvalue weighted by molar-refractivity contribution is 7.87. The molecule has 1 aliphatic rings. The van der Waals surface area contributed by atoms with E-state index in [1.54, 1.807) is 17.9 Å². The van der Waals surface area contributed by atoms with Gasteiger partial charge in [-0.2, -0.15) is 17.8 Å². The van der Waals surface area contributed by atoms with Gasteiger partial charge >= 0.3 is 0 Å². The molecule has 1 fully saturated rings. The fourth-order valence-electron chi connectivity index (χ4n) is 3.28. The van der Waals surface area contributed by atoms with Crippen molar-refractivity contribution in [3.05, 3.63) is 48.3 Å². The molecule has 0 bridgehead atoms. The van der Waals surface area contributed by atoms with Crippen molar-refractivity contribution in [2.75, 3.05) is 13.6 Å². The van der Waals surface area contributed by atoms with Gasteiger partial charge < -0.3 is 0 Å². The molecule has 1 aliphatic carbocycles. The Hall–Kier alpha value is -1.70. The van der Waals surface area contributed by atoms with Gasteiger partial charge in [0.25, 0.3) is 10.2 Å². The van der Waals surface area contributed by atoms with E-state index >= 15 is 0 Å². The van der Waals surface area contributed by atoms with Gasteiger partial charge in [-0.15, -0.1) is 0 Å². The molecule has 0 saturated heterocycles. The van der Waals surface area contributed by atoms with Gasteiger partial charge in [0.05, 0.1) is 11.9 Å². The van der Waals surface area contributed by atoms with Crippen LogP contribution < -0.4 is 4.72 Å². The lowest BCUT2D eigenvalue weighted by molar-refractivity contribution is 0.283. The Morgan fingerprint density at radius 3 is 2.64 bits per heavy atom. The number of nitrogens with one attached hydrogen (secondary N) is 1. The lowest BCUT2D eigenvalue weighted by atomic mass is 9.96. The van der Waals surface area contributed by atoms with Crippen LogP contribution in [-0.4, -0.2) is 42.1 Å². The van der Waals surface area contributed by atoms with Crippen LogP contribution >= 0.6 is 0 Å². The molecule has 3 rings (SSSR count). The smallest absolute Gasteiger partial charge is 0.241 e. The topological polar surface area (TPSA) is 67.2 Å². The van der Waals surface area contributed by atoms with Gasteiger partial charge in [-0.1, -0.05) is 37.5 Å². The Morgan fingerprint density at radius 1 is 1.20 bits per heavy atom. The third-order valence-corrected chi connectivity index (χ3v) is 6.45. The second-order valence-electron chi connectivity index (χ2n) is 6.59. The van der Waals surface area contributed by atoms with Gasteiger partial charge in [-0.05, 0) is 37.0 Å². The summed E-state index contributed by atoms with van der Waals surface area (Å²) < 4.78 is 30.9. The molecular weight excluding hydrogens is 336 g/mol. The van der Waals surface area contributed by atoms with Crippen molar-refractivity contribution in [2.45, 2.75) is 44.6 Å². The van der Waals surface area contributed by atoms with Crippen molar-refractivity contribution < 1.29 is 8.42 Å². The zero-order valence-electron chi connectivity index (χ0n) is 14.6. The summed E-state index contributed by atoms with van der Waals surface area (Å²) in [7, 11) is -1.73. The zero-order valence-corrected chi connectivity index (χ0v) is 15.5. The van der Waals surface area contributed by atoms with Crippen LogP contribution in [0, 0.1) is 0 Å². The SMILES string of the molecule is CN(C1CCCCC1)S(=O)(=O)NCCc1cnn(-c2ccccc2)c1. The van der Waals surface area contributed by atoms with Gasteiger partial charge in [0.1, 0.15) is 0 Å². The third kappa shape index (κ3) is 4.68. The molecule has 25 heavy (non-hydrogen) atoms. The van der Waals surface area contributed by atoms with Crippen LogP contribution in [0.5, 0.6) is 0 Å². The maximum absolute atomic E-state index is 12.4. The monoisotopic (exact) mass is 362 g/mol. The number of benzene rings is 1. The minimum absolute atomic E-state index is 0.132. The number of rotatable bonds is 7. The average molecular weight is 362 g/mol. The summed E-state index contributed by atoms with van der Waals surface area (Å²) >= 11 is 0. The summed E-state index contributed by atoms with van der Waals surface area (Å²) in [5.74, 6) is 0. The van der Waals surface area contributed by atoms with Crippen LogP contribution in [0.2, 0.25) is 0 Å². The Morgan fingerprint density at radius 2 is 1.92 bits per heavy atom. The van der Waals surface area contributed by atoms with Crippen LogP contribution in [0.3, 0.4) is 0 Å². The first-order valence-corrected chi connectivity index (χ1v) is 10.3. The molecule has 0 radical (unpaired) electrons. The molecule has 0 aliphatic heterocycles. The minimum atomic E-state index is -3.42. The number of hydrogen-bond donors (Lipinski definition) is 1. The first-order chi connectivity index (χ1) is 12.1. The summed E-state index contributed by atoms with van der Waals surface area (Å²) in [5, 5.41) is 4.34. The Bertz CT molecular complexity index is 767. The molecule has 0 spiro atoms. The van der Waals surface area contributed by atoms with E-state index < -0.39 is 10.2 Å². The van der Waals surface area contributed by atoms with Crippen molar-refractivity contribution in [2.24, 2.45) is 0 Å². The molecule has 2 aromatic rings. The fraction of sp³-hybridized carbons (Fsp3) is 0.500. The molecule has 6 nitrogen and oxygen atoms in total. The average Bonchev–Trinajstić information content (AvgIpc) is 3.11. The second-order valence-corrected chi connectivity index (χ2v) is 8.40. The Kier molecular flexibility index (Phi) is 5.88. The molecule has 1 N–H and O–H groups in total. The molecule has 0 atom stereocenters. The van der Waals surface area contributed by atoms with E-state index in [9.17, 15) is 8.42 Å². The molecule has 1 heterocycles. The molecule has 0 unspecified atom stereocenters. The van der Waals surface area contributed by atoms with Crippen molar-refractivity contribution in [1.82, 2.24) is 18.8 Å². The maximum atomic E-state index is 12.4. The Balaban J connectivity index is 1.53. The summed E-state index contributed by atoms with van der Waals surface area (Å²) in [4.78, 5) is 0. The highest BCUT2D eigenvalue weighted by Gasteiger charge is 2.26. The van der Waals surface area contributed by atoms with Crippen LogP contribution in [0.25, 0.3) is 5.69 Å². The minimum Gasteiger partial charge on any atom is -0.241 e. The van der Waals surface area contributed by atoms with E-state index in [2.05, 4.69) is 9.82 Å². The maximum Gasteiger partial charge on any atom is 0.279 e. The van der Waals surface area contributed by atoms with Gasteiger partial charge in [-0.3, -0.25) is 0 Å². The quantitative estimate of drug-likeness (QED) is 0.823. The first-order valence-electron chi connectivity index (χ1n) is 8.88. The van der Waals surface area contributed by atoms with Crippen molar-refractivity contribution >= 4 is 10.2 Å². The number of aromatic nitrogens is 2.